The van der Waals surface area contributed by atoms with Crippen LogP contribution in [-0.4, -0.2) is 29.1 Å². The number of ether oxygens (including phenoxy) is 1. The lowest BCUT2D eigenvalue weighted by atomic mass is 10.1. The molecule has 3 aromatic carbocycles. The molecule has 0 saturated carbocycles. The van der Waals surface area contributed by atoms with E-state index in [9.17, 15) is 14.0 Å². The van der Waals surface area contributed by atoms with E-state index < -0.39 is 0 Å². The molecule has 3 rings (SSSR count). The Morgan fingerprint density at radius 1 is 0.969 bits per heavy atom. The molecule has 3 aromatic rings. The molecule has 32 heavy (non-hydrogen) atoms. The van der Waals surface area contributed by atoms with Crippen LogP contribution in [0.3, 0.4) is 0 Å². The van der Waals surface area contributed by atoms with Crippen LogP contribution in [0, 0.1) is 5.82 Å². The van der Waals surface area contributed by atoms with E-state index in [-0.39, 0.29) is 35.2 Å². The highest BCUT2D eigenvalue weighted by atomic mass is 32.2. The number of thioether (sulfide) groups is 1. The number of benzene rings is 3. The molecule has 166 valence electrons. The Kier molecular flexibility index (Phi) is 8.45. The third-order valence-corrected chi connectivity index (χ3v) is 6.13. The molecule has 0 N–H and O–H groups in total. The monoisotopic (exact) mass is 451 g/mol. The first-order valence-corrected chi connectivity index (χ1v) is 11.4. The van der Waals surface area contributed by atoms with E-state index in [1.807, 2.05) is 56.3 Å². The molecule has 0 heterocycles. The zero-order valence-corrected chi connectivity index (χ0v) is 19.0. The summed E-state index contributed by atoms with van der Waals surface area (Å²) in [5.41, 5.74) is 2.15. The SMILES string of the molecule is CCN(Cc1ccccc1F)C(=O)COc1ccc(C(C)SC(=O)c2ccccc2)cc1. The number of halogens is 1. The summed E-state index contributed by atoms with van der Waals surface area (Å²) in [5.74, 6) is 0.0286. The number of amides is 1. The Bertz CT molecular complexity index is 1040. The maximum atomic E-state index is 13.9. The van der Waals surface area contributed by atoms with Crippen molar-refractivity contribution in [3.8, 4) is 5.75 Å². The van der Waals surface area contributed by atoms with Crippen molar-refractivity contribution in [2.75, 3.05) is 13.2 Å². The molecule has 6 heteroatoms. The second-order valence-corrected chi connectivity index (χ2v) is 8.58. The van der Waals surface area contributed by atoms with E-state index in [4.69, 9.17) is 4.74 Å². The van der Waals surface area contributed by atoms with Gasteiger partial charge in [0.15, 0.2) is 6.61 Å². The van der Waals surface area contributed by atoms with Gasteiger partial charge in [0.2, 0.25) is 5.12 Å². The lowest BCUT2D eigenvalue weighted by Gasteiger charge is -2.21. The molecule has 1 atom stereocenters. The topological polar surface area (TPSA) is 46.6 Å². The highest BCUT2D eigenvalue weighted by molar-refractivity contribution is 8.14. The summed E-state index contributed by atoms with van der Waals surface area (Å²) in [5, 5.41) is 0.00766. The quantitative estimate of drug-likeness (QED) is 0.407. The van der Waals surface area contributed by atoms with Crippen LogP contribution in [0.5, 0.6) is 5.75 Å². The number of hydrogen-bond acceptors (Lipinski definition) is 4. The number of rotatable bonds is 9. The Hall–Kier alpha value is -3.12. The van der Waals surface area contributed by atoms with Crippen molar-refractivity contribution in [2.24, 2.45) is 0 Å². The van der Waals surface area contributed by atoms with Gasteiger partial charge >= 0.3 is 0 Å². The smallest absolute Gasteiger partial charge is 0.260 e. The van der Waals surface area contributed by atoms with Gasteiger partial charge in [-0.1, -0.05) is 72.4 Å². The van der Waals surface area contributed by atoms with Gasteiger partial charge in [-0.3, -0.25) is 9.59 Å². The molecule has 1 unspecified atom stereocenters. The van der Waals surface area contributed by atoms with E-state index in [2.05, 4.69) is 0 Å². The van der Waals surface area contributed by atoms with Crippen molar-refractivity contribution in [1.82, 2.24) is 4.90 Å². The maximum Gasteiger partial charge on any atom is 0.260 e. The van der Waals surface area contributed by atoms with Crippen molar-refractivity contribution < 1.29 is 18.7 Å². The molecule has 0 saturated heterocycles. The van der Waals surface area contributed by atoms with Crippen LogP contribution in [0.4, 0.5) is 4.39 Å². The van der Waals surface area contributed by atoms with Gasteiger partial charge in [-0.05, 0) is 37.6 Å². The molecule has 0 radical (unpaired) electrons. The predicted molar refractivity (Wildman–Crippen MR) is 126 cm³/mol. The average Bonchev–Trinajstić information content (AvgIpc) is 2.82. The van der Waals surface area contributed by atoms with Crippen LogP contribution in [0.2, 0.25) is 0 Å². The molecule has 0 aliphatic carbocycles. The highest BCUT2D eigenvalue weighted by Gasteiger charge is 2.16. The fourth-order valence-electron chi connectivity index (χ4n) is 3.15. The summed E-state index contributed by atoms with van der Waals surface area (Å²) in [4.78, 5) is 26.5. The normalized spacial score (nSPS) is 11.6. The largest absolute Gasteiger partial charge is 0.484 e. The number of hydrogen-bond donors (Lipinski definition) is 0. The van der Waals surface area contributed by atoms with Gasteiger partial charge < -0.3 is 9.64 Å². The van der Waals surface area contributed by atoms with Gasteiger partial charge in [-0.25, -0.2) is 4.39 Å². The lowest BCUT2D eigenvalue weighted by molar-refractivity contribution is -0.133. The van der Waals surface area contributed by atoms with Gasteiger partial charge in [0.1, 0.15) is 11.6 Å². The molecule has 0 fully saturated rings. The minimum Gasteiger partial charge on any atom is -0.484 e. The van der Waals surface area contributed by atoms with Crippen LogP contribution in [0.25, 0.3) is 0 Å². The van der Waals surface area contributed by atoms with E-state index in [0.29, 0.717) is 23.4 Å². The van der Waals surface area contributed by atoms with Gasteiger partial charge in [-0.15, -0.1) is 0 Å². The molecule has 0 spiro atoms. The minimum atomic E-state index is -0.326. The fraction of sp³-hybridized carbons (Fsp3) is 0.231. The fourth-order valence-corrected chi connectivity index (χ4v) is 4.04. The molecule has 0 aliphatic rings. The van der Waals surface area contributed by atoms with Gasteiger partial charge in [0.25, 0.3) is 5.91 Å². The van der Waals surface area contributed by atoms with E-state index >= 15 is 0 Å². The number of nitrogens with zero attached hydrogens (tertiary/aromatic N) is 1. The zero-order chi connectivity index (χ0) is 22.9. The average molecular weight is 452 g/mol. The Balaban J connectivity index is 1.53. The third-order valence-electron chi connectivity index (χ3n) is 5.06. The third kappa shape index (κ3) is 6.44. The molecule has 4 nitrogen and oxygen atoms in total. The first-order chi connectivity index (χ1) is 15.5. The summed E-state index contributed by atoms with van der Waals surface area (Å²) in [7, 11) is 0. The molecule has 0 aromatic heterocycles. The maximum absolute atomic E-state index is 13.9. The summed E-state index contributed by atoms with van der Waals surface area (Å²) >= 11 is 1.27. The minimum absolute atomic E-state index is 0.0188. The molecule has 0 aliphatic heterocycles. The molecular weight excluding hydrogens is 425 g/mol. The van der Waals surface area contributed by atoms with Crippen LogP contribution in [0.1, 0.15) is 40.6 Å². The number of carbonyl (C=O) groups excluding carboxylic acids is 2. The first kappa shape index (κ1) is 23.5. The van der Waals surface area contributed by atoms with Crippen molar-refractivity contribution in [1.29, 1.82) is 0 Å². The van der Waals surface area contributed by atoms with Crippen LogP contribution in [0.15, 0.2) is 78.9 Å². The summed E-state index contributed by atoms with van der Waals surface area (Å²) in [6.45, 7) is 4.36. The number of likely N-dealkylation sites (N-methyl/N-ethyl adjacent to an activating group) is 1. The highest BCUT2D eigenvalue weighted by Crippen LogP contribution is 2.31. The zero-order valence-electron chi connectivity index (χ0n) is 18.2. The summed E-state index contributed by atoms with van der Waals surface area (Å²) < 4.78 is 19.5. The van der Waals surface area contributed by atoms with Crippen molar-refractivity contribution in [3.63, 3.8) is 0 Å². The van der Waals surface area contributed by atoms with Crippen molar-refractivity contribution in [3.05, 3.63) is 101 Å². The van der Waals surface area contributed by atoms with Crippen LogP contribution in [-0.2, 0) is 11.3 Å². The summed E-state index contributed by atoms with van der Waals surface area (Å²) in [6, 6.07) is 23.0. The Morgan fingerprint density at radius 2 is 1.62 bits per heavy atom. The summed E-state index contributed by atoms with van der Waals surface area (Å²) in [6.07, 6.45) is 0. The lowest BCUT2D eigenvalue weighted by Crippen LogP contribution is -2.34. The number of carbonyl (C=O) groups is 2. The van der Waals surface area contributed by atoms with Gasteiger partial charge in [-0.2, -0.15) is 0 Å². The first-order valence-electron chi connectivity index (χ1n) is 10.5. The second kappa shape index (κ2) is 11.5. The van der Waals surface area contributed by atoms with Crippen LogP contribution < -0.4 is 4.74 Å². The van der Waals surface area contributed by atoms with Gasteiger partial charge in [0.05, 0.1) is 0 Å². The second-order valence-electron chi connectivity index (χ2n) is 7.27. The van der Waals surface area contributed by atoms with E-state index in [1.165, 1.54) is 17.8 Å². The Morgan fingerprint density at radius 3 is 2.28 bits per heavy atom. The Labute approximate surface area is 192 Å². The van der Waals surface area contributed by atoms with Crippen molar-refractivity contribution in [2.45, 2.75) is 25.6 Å². The van der Waals surface area contributed by atoms with Crippen molar-refractivity contribution >= 4 is 22.8 Å². The molecular formula is C26H26FNO3S. The predicted octanol–water partition coefficient (Wildman–Crippen LogP) is 5.89. The van der Waals surface area contributed by atoms with Crippen LogP contribution >= 0.6 is 11.8 Å². The standard InChI is InChI=1S/C26H26FNO3S/c1-3-28(17-22-11-7-8-12-24(22)27)25(29)18-31-23-15-13-20(14-16-23)19(2)32-26(30)21-9-5-4-6-10-21/h4-16,19H,3,17-18H2,1-2H3. The molecule has 0 bridgehead atoms. The van der Waals surface area contributed by atoms with E-state index in [0.717, 1.165) is 5.56 Å². The van der Waals surface area contributed by atoms with Gasteiger partial charge in [0, 0.05) is 29.5 Å². The van der Waals surface area contributed by atoms with E-state index in [1.54, 1.807) is 35.2 Å². The molecule has 1 amide bonds.